The average molecular weight is 196 g/mol. The van der Waals surface area contributed by atoms with Crippen molar-refractivity contribution in [2.75, 3.05) is 13.2 Å². The smallest absolute Gasteiger partial charge is 0.180 e. The van der Waals surface area contributed by atoms with Crippen molar-refractivity contribution in [3.05, 3.63) is 18.4 Å². The van der Waals surface area contributed by atoms with Crippen LogP contribution in [-0.2, 0) is 6.54 Å². The van der Waals surface area contributed by atoms with E-state index in [1.807, 2.05) is 0 Å². The summed E-state index contributed by atoms with van der Waals surface area (Å²) in [6.07, 6.45) is 6.54. The second-order valence-corrected chi connectivity index (χ2v) is 4.04. The Morgan fingerprint density at radius 2 is 2.43 bits per heavy atom. The lowest BCUT2D eigenvalue weighted by Crippen LogP contribution is -2.24. The molecule has 1 aromatic heterocycles. The van der Waals surface area contributed by atoms with Crippen LogP contribution in [0.25, 0.3) is 0 Å². The number of rotatable bonds is 6. The van der Waals surface area contributed by atoms with Gasteiger partial charge in [0, 0.05) is 13.2 Å². The molecular weight excluding hydrogens is 180 g/mol. The van der Waals surface area contributed by atoms with Gasteiger partial charge in [-0.05, 0) is 24.7 Å². The number of aliphatic hydroxyl groups is 1. The number of hydrogen-bond acceptors (Lipinski definition) is 4. The van der Waals surface area contributed by atoms with Gasteiger partial charge in [-0.3, -0.25) is 0 Å². The van der Waals surface area contributed by atoms with E-state index in [1.54, 1.807) is 6.20 Å². The zero-order chi connectivity index (χ0) is 9.86. The third kappa shape index (κ3) is 2.33. The summed E-state index contributed by atoms with van der Waals surface area (Å²) < 4.78 is 5.11. The highest BCUT2D eigenvalue weighted by molar-refractivity contribution is 4.95. The highest BCUT2D eigenvalue weighted by Crippen LogP contribution is 2.47. The fourth-order valence-corrected chi connectivity index (χ4v) is 1.71. The summed E-state index contributed by atoms with van der Waals surface area (Å²) in [5, 5.41) is 12.2. The third-order valence-electron chi connectivity index (χ3n) is 2.88. The van der Waals surface area contributed by atoms with Gasteiger partial charge in [-0.25, -0.2) is 4.98 Å². The maximum atomic E-state index is 8.87. The molecule has 78 valence electrons. The van der Waals surface area contributed by atoms with Gasteiger partial charge in [0.15, 0.2) is 6.39 Å². The molecule has 14 heavy (non-hydrogen) atoms. The van der Waals surface area contributed by atoms with Crippen molar-refractivity contribution in [3.63, 3.8) is 0 Å². The Kier molecular flexibility index (Phi) is 2.84. The topological polar surface area (TPSA) is 58.3 Å². The summed E-state index contributed by atoms with van der Waals surface area (Å²) in [6.45, 7) is 1.99. The number of aliphatic hydroxyl groups excluding tert-OH is 1. The monoisotopic (exact) mass is 196 g/mol. The van der Waals surface area contributed by atoms with Crippen LogP contribution in [0.5, 0.6) is 0 Å². The van der Waals surface area contributed by atoms with Crippen LogP contribution >= 0.6 is 0 Å². The van der Waals surface area contributed by atoms with Crippen LogP contribution in [0.2, 0.25) is 0 Å². The molecule has 0 unspecified atom stereocenters. The van der Waals surface area contributed by atoms with Crippen molar-refractivity contribution in [3.8, 4) is 0 Å². The SMILES string of the molecule is OCCC1(CNCc2cnco2)CC1. The number of aromatic nitrogens is 1. The van der Waals surface area contributed by atoms with Crippen molar-refractivity contribution in [1.29, 1.82) is 0 Å². The predicted octanol–water partition coefficient (Wildman–Crippen LogP) is 0.927. The Bertz CT molecular complexity index is 268. The van der Waals surface area contributed by atoms with Gasteiger partial charge in [0.1, 0.15) is 5.76 Å². The molecule has 4 heteroatoms. The summed E-state index contributed by atoms with van der Waals surface area (Å²) >= 11 is 0. The molecular formula is C10H16N2O2. The lowest BCUT2D eigenvalue weighted by molar-refractivity contribution is 0.244. The highest BCUT2D eigenvalue weighted by Gasteiger charge is 2.41. The molecule has 1 aromatic rings. The minimum atomic E-state index is 0.296. The first-order chi connectivity index (χ1) is 6.85. The van der Waals surface area contributed by atoms with Gasteiger partial charge in [-0.2, -0.15) is 0 Å². The van der Waals surface area contributed by atoms with Crippen LogP contribution in [0.3, 0.4) is 0 Å². The Balaban J connectivity index is 1.68. The van der Waals surface area contributed by atoms with Crippen molar-refractivity contribution in [1.82, 2.24) is 10.3 Å². The van der Waals surface area contributed by atoms with E-state index in [9.17, 15) is 0 Å². The lowest BCUT2D eigenvalue weighted by atomic mass is 10.0. The molecule has 0 aliphatic heterocycles. The molecule has 0 bridgehead atoms. The molecule has 0 atom stereocenters. The molecule has 2 N–H and O–H groups in total. The second kappa shape index (κ2) is 4.11. The average Bonchev–Trinajstić information content (AvgIpc) is 2.75. The molecule has 1 heterocycles. The summed E-state index contributed by atoms with van der Waals surface area (Å²) in [4.78, 5) is 3.84. The maximum absolute atomic E-state index is 8.87. The van der Waals surface area contributed by atoms with E-state index in [0.29, 0.717) is 12.0 Å². The van der Waals surface area contributed by atoms with E-state index in [2.05, 4.69) is 10.3 Å². The predicted molar refractivity (Wildman–Crippen MR) is 51.6 cm³/mol. The van der Waals surface area contributed by atoms with Crippen LogP contribution in [-0.4, -0.2) is 23.2 Å². The zero-order valence-corrected chi connectivity index (χ0v) is 8.20. The van der Waals surface area contributed by atoms with Gasteiger partial charge in [0.05, 0.1) is 12.7 Å². The van der Waals surface area contributed by atoms with Crippen molar-refractivity contribution in [2.45, 2.75) is 25.8 Å². The highest BCUT2D eigenvalue weighted by atomic mass is 16.3. The summed E-state index contributed by atoms with van der Waals surface area (Å²) in [7, 11) is 0. The quantitative estimate of drug-likeness (QED) is 0.710. The summed E-state index contributed by atoms with van der Waals surface area (Å²) in [5.41, 5.74) is 0.370. The van der Waals surface area contributed by atoms with Gasteiger partial charge in [-0.15, -0.1) is 0 Å². The van der Waals surface area contributed by atoms with Gasteiger partial charge in [-0.1, -0.05) is 0 Å². The first-order valence-corrected chi connectivity index (χ1v) is 5.04. The van der Waals surface area contributed by atoms with Crippen LogP contribution in [0.4, 0.5) is 0 Å². The van der Waals surface area contributed by atoms with Crippen LogP contribution in [0, 0.1) is 5.41 Å². The molecule has 1 aliphatic carbocycles. The Labute approximate surface area is 83.3 Å². The van der Waals surface area contributed by atoms with Crippen molar-refractivity contribution >= 4 is 0 Å². The first-order valence-electron chi connectivity index (χ1n) is 5.04. The summed E-state index contributed by atoms with van der Waals surface area (Å²) in [6, 6.07) is 0. The van der Waals surface area contributed by atoms with Crippen molar-refractivity contribution < 1.29 is 9.52 Å². The largest absolute Gasteiger partial charge is 0.447 e. The van der Waals surface area contributed by atoms with E-state index in [-0.39, 0.29) is 0 Å². The molecule has 0 amide bonds. The first kappa shape index (κ1) is 9.68. The van der Waals surface area contributed by atoms with E-state index in [4.69, 9.17) is 9.52 Å². The maximum Gasteiger partial charge on any atom is 0.180 e. The molecule has 1 aliphatic rings. The van der Waals surface area contributed by atoms with E-state index >= 15 is 0 Å². The third-order valence-corrected chi connectivity index (χ3v) is 2.88. The van der Waals surface area contributed by atoms with Crippen LogP contribution in [0.15, 0.2) is 17.0 Å². The molecule has 0 radical (unpaired) electrons. The number of nitrogens with zero attached hydrogens (tertiary/aromatic N) is 1. The number of oxazole rings is 1. The molecule has 1 saturated carbocycles. The van der Waals surface area contributed by atoms with Gasteiger partial charge in [0.2, 0.25) is 0 Å². The summed E-state index contributed by atoms with van der Waals surface area (Å²) in [5.74, 6) is 0.866. The molecule has 0 aromatic carbocycles. The molecule has 2 rings (SSSR count). The lowest BCUT2D eigenvalue weighted by Gasteiger charge is -2.13. The number of nitrogens with one attached hydrogen (secondary N) is 1. The zero-order valence-electron chi connectivity index (χ0n) is 8.20. The van der Waals surface area contributed by atoms with Gasteiger partial charge < -0.3 is 14.8 Å². The standard InChI is InChI=1S/C10H16N2O2/c13-4-3-10(1-2-10)7-11-5-9-6-12-8-14-9/h6,8,11,13H,1-5,7H2. The number of hydrogen-bond donors (Lipinski definition) is 2. The fourth-order valence-electron chi connectivity index (χ4n) is 1.71. The van der Waals surface area contributed by atoms with E-state index in [0.717, 1.165) is 25.3 Å². The van der Waals surface area contributed by atoms with Gasteiger partial charge in [0.25, 0.3) is 0 Å². The van der Waals surface area contributed by atoms with Crippen LogP contribution < -0.4 is 5.32 Å². The molecule has 0 saturated heterocycles. The molecule has 0 spiro atoms. The van der Waals surface area contributed by atoms with Crippen molar-refractivity contribution in [2.24, 2.45) is 5.41 Å². The van der Waals surface area contributed by atoms with Crippen LogP contribution in [0.1, 0.15) is 25.0 Å². The Morgan fingerprint density at radius 3 is 3.00 bits per heavy atom. The minimum Gasteiger partial charge on any atom is -0.447 e. The fraction of sp³-hybridized carbons (Fsp3) is 0.700. The van der Waals surface area contributed by atoms with Gasteiger partial charge >= 0.3 is 0 Å². The minimum absolute atomic E-state index is 0.296. The van der Waals surface area contributed by atoms with E-state index in [1.165, 1.54) is 19.2 Å². The Morgan fingerprint density at radius 1 is 1.57 bits per heavy atom. The molecule has 1 fully saturated rings. The normalized spacial score (nSPS) is 18.4. The molecule has 4 nitrogen and oxygen atoms in total. The Hall–Kier alpha value is -0.870. The second-order valence-electron chi connectivity index (χ2n) is 4.04. The van der Waals surface area contributed by atoms with E-state index < -0.39 is 0 Å².